The van der Waals surface area contributed by atoms with E-state index in [0.29, 0.717) is 17.8 Å². The number of aromatic nitrogens is 3. The number of rotatable bonds is 10. The van der Waals surface area contributed by atoms with E-state index in [0.717, 1.165) is 89.8 Å². The Kier molecular flexibility index (Phi) is 10.7. The third kappa shape index (κ3) is 7.66. The Balaban J connectivity index is 1.24. The van der Waals surface area contributed by atoms with Crippen LogP contribution in [0, 0.1) is 0 Å². The van der Waals surface area contributed by atoms with Crippen molar-refractivity contribution >= 4 is 17.5 Å². The van der Waals surface area contributed by atoms with Crippen LogP contribution in [0.3, 0.4) is 0 Å². The molecule has 1 N–H and O–H groups in total. The van der Waals surface area contributed by atoms with Gasteiger partial charge in [0.25, 0.3) is 0 Å². The number of likely N-dealkylation sites (N-methyl/N-ethyl adjacent to an activating group) is 1. The molecule has 0 amide bonds. The summed E-state index contributed by atoms with van der Waals surface area (Å²) in [6.07, 6.45) is 7.63. The summed E-state index contributed by atoms with van der Waals surface area (Å²) in [5.41, 5.74) is 6.40. The minimum absolute atomic E-state index is 0.317. The summed E-state index contributed by atoms with van der Waals surface area (Å²) >= 11 is 0. The lowest BCUT2D eigenvalue weighted by atomic mass is 9.92. The second-order valence-electron chi connectivity index (χ2n) is 14.3. The van der Waals surface area contributed by atoms with Crippen LogP contribution in [0.25, 0.3) is 0 Å². The largest absolute Gasteiger partial charge is 0.356 e. The Labute approximate surface area is 277 Å². The highest BCUT2D eigenvalue weighted by molar-refractivity contribution is 5.53. The van der Waals surface area contributed by atoms with Gasteiger partial charge < -0.3 is 24.9 Å². The van der Waals surface area contributed by atoms with Gasteiger partial charge in [0.2, 0.25) is 0 Å². The number of nitrogens with zero attached hydrogens (tertiary/aromatic N) is 7. The second kappa shape index (κ2) is 15.1. The van der Waals surface area contributed by atoms with Crippen molar-refractivity contribution in [1.82, 2.24) is 25.2 Å². The standard InChI is InChI=1S/C38H56N8/c1-28(2)33-13-11-31(41-37(33)44-18-7-6-8-19-44)27-30(4)35-14-12-32(42-38(35)45-20-16-39-17-21-45)26-29(3)34-10-9-15-40-36(34)46-24-22-43(5)23-25-46/h9-15,28-30,39H,6-8,16-27H2,1-5H3/t29-,30-/m0/s1. The average molecular weight is 625 g/mol. The molecule has 0 bridgehead atoms. The first-order valence-electron chi connectivity index (χ1n) is 18.0. The van der Waals surface area contributed by atoms with Crippen LogP contribution < -0.4 is 20.0 Å². The molecule has 6 rings (SSSR count). The number of nitrogens with one attached hydrogen (secondary N) is 1. The topological polar surface area (TPSA) is 63.7 Å². The molecule has 3 aromatic rings. The molecule has 3 aromatic heterocycles. The molecule has 8 heteroatoms. The van der Waals surface area contributed by atoms with E-state index in [4.69, 9.17) is 15.0 Å². The zero-order valence-corrected chi connectivity index (χ0v) is 29.0. The Morgan fingerprint density at radius 3 is 1.78 bits per heavy atom. The first-order valence-corrected chi connectivity index (χ1v) is 18.0. The van der Waals surface area contributed by atoms with Crippen molar-refractivity contribution in [1.29, 1.82) is 0 Å². The molecule has 3 aliphatic heterocycles. The molecule has 0 spiro atoms. The Morgan fingerprint density at radius 1 is 0.609 bits per heavy atom. The third-order valence-corrected chi connectivity index (χ3v) is 10.3. The first kappa shape index (κ1) is 32.7. The summed E-state index contributed by atoms with van der Waals surface area (Å²) in [7, 11) is 2.21. The van der Waals surface area contributed by atoms with Gasteiger partial charge in [-0.05, 0) is 91.8 Å². The summed E-state index contributed by atoms with van der Waals surface area (Å²) in [6.45, 7) is 19.7. The van der Waals surface area contributed by atoms with Crippen LogP contribution in [0.1, 0.15) is 92.8 Å². The Bertz CT molecular complexity index is 1420. The van der Waals surface area contributed by atoms with Crippen LogP contribution in [0.2, 0.25) is 0 Å². The zero-order chi connectivity index (χ0) is 32.0. The first-order chi connectivity index (χ1) is 22.4. The fourth-order valence-corrected chi connectivity index (χ4v) is 7.47. The molecule has 0 radical (unpaired) electrons. The molecule has 2 atom stereocenters. The maximum atomic E-state index is 5.43. The van der Waals surface area contributed by atoms with Crippen molar-refractivity contribution in [3.63, 3.8) is 0 Å². The van der Waals surface area contributed by atoms with Crippen LogP contribution in [-0.2, 0) is 12.8 Å². The van der Waals surface area contributed by atoms with Gasteiger partial charge in [-0.25, -0.2) is 15.0 Å². The van der Waals surface area contributed by atoms with Gasteiger partial charge in [-0.1, -0.05) is 45.9 Å². The fourth-order valence-electron chi connectivity index (χ4n) is 7.47. The van der Waals surface area contributed by atoms with Crippen LogP contribution in [-0.4, -0.2) is 92.3 Å². The lowest BCUT2D eigenvalue weighted by molar-refractivity contribution is 0.311. The molecule has 3 aliphatic rings. The highest BCUT2D eigenvalue weighted by Gasteiger charge is 2.25. The summed E-state index contributed by atoms with van der Waals surface area (Å²) in [5, 5.41) is 3.53. The lowest BCUT2D eigenvalue weighted by Gasteiger charge is -2.35. The van der Waals surface area contributed by atoms with Crippen LogP contribution in [0.15, 0.2) is 42.6 Å². The predicted molar refractivity (Wildman–Crippen MR) is 192 cm³/mol. The normalized spacial score (nSPS) is 19.5. The summed E-state index contributed by atoms with van der Waals surface area (Å²) in [5.74, 6) is 4.65. The number of hydrogen-bond donors (Lipinski definition) is 1. The molecule has 6 heterocycles. The molecular weight excluding hydrogens is 568 g/mol. The molecule has 3 saturated heterocycles. The fraction of sp³-hybridized carbons (Fsp3) is 0.605. The van der Waals surface area contributed by atoms with Crippen LogP contribution in [0.4, 0.5) is 17.5 Å². The van der Waals surface area contributed by atoms with Gasteiger partial charge >= 0.3 is 0 Å². The van der Waals surface area contributed by atoms with E-state index in [2.05, 4.69) is 96.1 Å². The highest BCUT2D eigenvalue weighted by atomic mass is 15.3. The predicted octanol–water partition coefficient (Wildman–Crippen LogP) is 5.84. The van der Waals surface area contributed by atoms with Gasteiger partial charge in [0, 0.05) is 83.0 Å². The minimum Gasteiger partial charge on any atom is -0.356 e. The summed E-state index contributed by atoms with van der Waals surface area (Å²) in [4.78, 5) is 25.5. The van der Waals surface area contributed by atoms with E-state index in [1.54, 1.807) is 0 Å². The Hall–Kier alpha value is -3.23. The smallest absolute Gasteiger partial charge is 0.132 e. The molecule has 0 unspecified atom stereocenters. The lowest BCUT2D eigenvalue weighted by Crippen LogP contribution is -2.45. The van der Waals surface area contributed by atoms with E-state index in [1.807, 2.05) is 6.20 Å². The van der Waals surface area contributed by atoms with Gasteiger partial charge in [0.05, 0.1) is 0 Å². The van der Waals surface area contributed by atoms with E-state index < -0.39 is 0 Å². The van der Waals surface area contributed by atoms with Gasteiger partial charge in [0.15, 0.2) is 0 Å². The average Bonchev–Trinajstić information content (AvgIpc) is 3.09. The number of hydrogen-bond acceptors (Lipinski definition) is 8. The molecule has 0 aliphatic carbocycles. The van der Waals surface area contributed by atoms with Gasteiger partial charge in [-0.3, -0.25) is 0 Å². The molecule has 8 nitrogen and oxygen atoms in total. The molecule has 46 heavy (non-hydrogen) atoms. The maximum absolute atomic E-state index is 5.43. The van der Waals surface area contributed by atoms with Crippen molar-refractivity contribution < 1.29 is 0 Å². The van der Waals surface area contributed by atoms with E-state index in [9.17, 15) is 0 Å². The van der Waals surface area contributed by atoms with E-state index >= 15 is 0 Å². The van der Waals surface area contributed by atoms with Gasteiger partial charge in [-0.15, -0.1) is 0 Å². The van der Waals surface area contributed by atoms with Gasteiger partial charge in [-0.2, -0.15) is 0 Å². The molecular formula is C38H56N8. The van der Waals surface area contributed by atoms with Crippen LogP contribution in [0.5, 0.6) is 0 Å². The van der Waals surface area contributed by atoms with E-state index in [-0.39, 0.29) is 0 Å². The SMILES string of the molecule is CC(C)c1ccc(C[C@H](C)c2ccc(C[C@H](C)c3cccnc3N3CCN(C)CC3)nc2N2CCNCC2)nc1N1CCCCC1. The Morgan fingerprint density at radius 2 is 1.15 bits per heavy atom. The minimum atomic E-state index is 0.317. The van der Waals surface area contributed by atoms with Crippen molar-refractivity contribution in [3.05, 3.63) is 70.7 Å². The summed E-state index contributed by atoms with van der Waals surface area (Å²) < 4.78 is 0. The van der Waals surface area contributed by atoms with Crippen molar-refractivity contribution in [3.8, 4) is 0 Å². The quantitative estimate of drug-likeness (QED) is 0.302. The second-order valence-corrected chi connectivity index (χ2v) is 14.3. The van der Waals surface area contributed by atoms with Crippen molar-refractivity contribution in [2.45, 2.75) is 77.6 Å². The van der Waals surface area contributed by atoms with Crippen molar-refractivity contribution in [2.75, 3.05) is 87.2 Å². The number of piperazine rings is 2. The molecule has 0 saturated carbocycles. The van der Waals surface area contributed by atoms with Gasteiger partial charge in [0.1, 0.15) is 17.5 Å². The molecule has 248 valence electrons. The van der Waals surface area contributed by atoms with Crippen molar-refractivity contribution in [2.24, 2.45) is 0 Å². The zero-order valence-electron chi connectivity index (χ0n) is 29.0. The highest BCUT2D eigenvalue weighted by Crippen LogP contribution is 2.34. The molecule has 0 aromatic carbocycles. The number of piperidine rings is 1. The monoisotopic (exact) mass is 624 g/mol. The van der Waals surface area contributed by atoms with E-state index in [1.165, 1.54) is 53.3 Å². The molecule has 3 fully saturated rings. The third-order valence-electron chi connectivity index (χ3n) is 10.3. The number of pyridine rings is 3. The van der Waals surface area contributed by atoms with Crippen LogP contribution >= 0.6 is 0 Å². The maximum Gasteiger partial charge on any atom is 0.132 e. The number of anilines is 3. The summed E-state index contributed by atoms with van der Waals surface area (Å²) in [6, 6.07) is 13.6.